The van der Waals surface area contributed by atoms with E-state index < -0.39 is 49.7 Å². The van der Waals surface area contributed by atoms with E-state index >= 15 is 0 Å². The predicted molar refractivity (Wildman–Crippen MR) is 96.5 cm³/mol. The molecule has 0 fully saturated rings. The Morgan fingerprint density at radius 3 is 1.90 bits per heavy atom. The summed E-state index contributed by atoms with van der Waals surface area (Å²) in [4.78, 5) is 0. The van der Waals surface area contributed by atoms with E-state index in [2.05, 4.69) is 4.18 Å². The monoisotopic (exact) mass is 502 g/mol. The van der Waals surface area contributed by atoms with Gasteiger partial charge in [0.25, 0.3) is 0 Å². The summed E-state index contributed by atoms with van der Waals surface area (Å²) in [5, 5.41) is -13.5. The van der Waals surface area contributed by atoms with Gasteiger partial charge in [0.1, 0.15) is 5.75 Å². The van der Waals surface area contributed by atoms with Gasteiger partial charge >= 0.3 is 36.7 Å². The van der Waals surface area contributed by atoms with Crippen LogP contribution in [-0.2, 0) is 24.4 Å². The lowest BCUT2D eigenvalue weighted by atomic mass is 9.99. The number of benzene rings is 1. The largest absolute Gasteiger partial charge is 0.494 e. The van der Waals surface area contributed by atoms with E-state index in [-0.39, 0.29) is 6.61 Å². The maximum absolute atomic E-state index is 13.6. The van der Waals surface area contributed by atoms with Gasteiger partial charge in [0.05, 0.1) is 13.2 Å². The molecule has 1 unspecified atom stereocenters. The van der Waals surface area contributed by atoms with Crippen LogP contribution in [0, 0.1) is 0 Å². The highest BCUT2D eigenvalue weighted by atomic mass is 32.2. The smallest absolute Gasteiger partial charge is 0.439 e. The van der Waals surface area contributed by atoms with Gasteiger partial charge in [-0.05, 0) is 30.0 Å². The molecule has 1 N–H and O–H groups in total. The maximum atomic E-state index is 13.6. The van der Waals surface area contributed by atoms with Crippen molar-refractivity contribution in [3.8, 4) is 5.75 Å². The third-order valence-electron chi connectivity index (χ3n) is 4.23. The van der Waals surface area contributed by atoms with Gasteiger partial charge in [0, 0.05) is 6.42 Å². The average molecular weight is 502 g/mol. The van der Waals surface area contributed by atoms with Crippen molar-refractivity contribution >= 4 is 20.2 Å². The molecule has 1 atom stereocenters. The van der Waals surface area contributed by atoms with Crippen LogP contribution in [-0.4, -0.2) is 51.0 Å². The second-order valence-corrected chi connectivity index (χ2v) is 9.56. The Bertz CT molecular complexity index is 947. The van der Waals surface area contributed by atoms with Crippen LogP contribution in [0.3, 0.4) is 0 Å². The minimum Gasteiger partial charge on any atom is -0.494 e. The van der Waals surface area contributed by atoms with Crippen molar-refractivity contribution in [2.45, 2.75) is 49.0 Å². The van der Waals surface area contributed by atoms with Crippen LogP contribution in [0.1, 0.15) is 38.2 Å². The average Bonchev–Trinajstić information content (AvgIpc) is 2.66. The highest BCUT2D eigenvalue weighted by Crippen LogP contribution is 2.50. The van der Waals surface area contributed by atoms with Crippen LogP contribution in [0.15, 0.2) is 24.3 Å². The summed E-state index contributed by atoms with van der Waals surface area (Å²) in [5.74, 6) is -6.40. The summed E-state index contributed by atoms with van der Waals surface area (Å²) in [5.41, 5.74) is 1.02. The van der Waals surface area contributed by atoms with Crippen molar-refractivity contribution in [1.29, 1.82) is 0 Å². The lowest BCUT2D eigenvalue weighted by Gasteiger charge is -2.29. The SMILES string of the molecule is CCC(C)c1ccc(OCCCOS(=O)(=O)C(F)(F)C(F)(F)C(F)(F)S(=O)(=O)O)cc1. The molecule has 0 amide bonds. The normalized spacial score (nSPS) is 15.0. The third-order valence-corrected chi connectivity index (χ3v) is 6.49. The first-order valence-corrected chi connectivity index (χ1v) is 11.5. The third kappa shape index (κ3) is 5.62. The lowest BCUT2D eigenvalue weighted by Crippen LogP contribution is -2.60. The second kappa shape index (κ2) is 9.50. The molecule has 0 aliphatic carbocycles. The first-order chi connectivity index (χ1) is 13.9. The molecule has 1 aromatic rings. The van der Waals surface area contributed by atoms with Crippen LogP contribution in [0.5, 0.6) is 5.75 Å². The van der Waals surface area contributed by atoms with Crippen molar-refractivity contribution in [2.24, 2.45) is 0 Å². The molecule has 31 heavy (non-hydrogen) atoms. The Morgan fingerprint density at radius 1 is 0.935 bits per heavy atom. The van der Waals surface area contributed by atoms with Gasteiger partial charge in [0.2, 0.25) is 0 Å². The zero-order valence-corrected chi connectivity index (χ0v) is 17.8. The molecule has 0 aliphatic rings. The molecule has 0 spiro atoms. The molecule has 15 heteroatoms. The van der Waals surface area contributed by atoms with E-state index in [0.29, 0.717) is 11.7 Å². The van der Waals surface area contributed by atoms with E-state index in [4.69, 9.17) is 9.29 Å². The Kier molecular flexibility index (Phi) is 8.42. The van der Waals surface area contributed by atoms with Crippen LogP contribution in [0.25, 0.3) is 0 Å². The van der Waals surface area contributed by atoms with Gasteiger partial charge in [-0.1, -0.05) is 26.0 Å². The van der Waals surface area contributed by atoms with Crippen LogP contribution in [0.4, 0.5) is 26.3 Å². The molecular weight excluding hydrogens is 482 g/mol. The minimum absolute atomic E-state index is 0.292. The van der Waals surface area contributed by atoms with Crippen molar-refractivity contribution < 1.29 is 56.7 Å². The highest BCUT2D eigenvalue weighted by molar-refractivity contribution is 7.88. The number of halogens is 6. The molecule has 0 saturated heterocycles. The Morgan fingerprint density at radius 2 is 1.45 bits per heavy atom. The van der Waals surface area contributed by atoms with Crippen LogP contribution in [0.2, 0.25) is 0 Å². The molecular formula is C16H20F6O7S2. The van der Waals surface area contributed by atoms with E-state index in [1.165, 1.54) is 0 Å². The molecule has 0 saturated carbocycles. The van der Waals surface area contributed by atoms with Crippen molar-refractivity contribution in [3.05, 3.63) is 29.8 Å². The number of ether oxygens (including phenoxy) is 1. The van der Waals surface area contributed by atoms with E-state index in [1.54, 1.807) is 24.3 Å². The van der Waals surface area contributed by atoms with Gasteiger partial charge in [-0.15, -0.1) is 0 Å². The summed E-state index contributed by atoms with van der Waals surface area (Å²) in [6.07, 6.45) is 0.467. The summed E-state index contributed by atoms with van der Waals surface area (Å²) >= 11 is 0. The zero-order valence-electron chi connectivity index (χ0n) is 16.2. The molecule has 180 valence electrons. The van der Waals surface area contributed by atoms with E-state index in [9.17, 15) is 43.2 Å². The zero-order chi connectivity index (χ0) is 24.3. The minimum atomic E-state index is -7.08. The number of hydrogen-bond donors (Lipinski definition) is 1. The Labute approximate surface area is 175 Å². The predicted octanol–water partition coefficient (Wildman–Crippen LogP) is 4.02. The molecule has 0 heterocycles. The molecule has 0 bridgehead atoms. The Balaban J connectivity index is 2.72. The van der Waals surface area contributed by atoms with Gasteiger partial charge < -0.3 is 4.74 Å². The summed E-state index contributed by atoms with van der Waals surface area (Å²) in [6, 6.07) is 6.71. The van der Waals surface area contributed by atoms with E-state index in [0.717, 1.165) is 12.0 Å². The van der Waals surface area contributed by atoms with Gasteiger partial charge in [-0.25, -0.2) is 0 Å². The standard InChI is InChI=1S/C16H20F6O7S2/c1-3-11(2)12-5-7-13(8-6-12)28-9-4-10-29-31(26,27)16(21,22)14(17,18)15(19,20)30(23,24)25/h5-8,11H,3-4,9-10H2,1-2H3,(H,23,24,25). The summed E-state index contributed by atoms with van der Waals surface area (Å²) in [6.45, 7) is 2.53. The number of rotatable bonds is 12. The summed E-state index contributed by atoms with van der Waals surface area (Å²) in [7, 11) is -13.8. The molecule has 1 rings (SSSR count). The van der Waals surface area contributed by atoms with Gasteiger partial charge in [-0.2, -0.15) is 43.2 Å². The topological polar surface area (TPSA) is 107 Å². The Hall–Kier alpha value is -1.58. The van der Waals surface area contributed by atoms with E-state index in [1.807, 2.05) is 13.8 Å². The summed E-state index contributed by atoms with van der Waals surface area (Å²) < 4.78 is 140. The molecule has 0 radical (unpaired) electrons. The molecule has 7 nitrogen and oxygen atoms in total. The van der Waals surface area contributed by atoms with Crippen molar-refractivity contribution in [2.75, 3.05) is 13.2 Å². The molecule has 0 aromatic heterocycles. The van der Waals surface area contributed by atoms with Crippen LogP contribution < -0.4 is 4.74 Å². The lowest BCUT2D eigenvalue weighted by molar-refractivity contribution is -0.248. The second-order valence-electron chi connectivity index (χ2n) is 6.44. The maximum Gasteiger partial charge on any atom is 0.439 e. The molecule has 0 aliphatic heterocycles. The number of alkyl halides is 6. The van der Waals surface area contributed by atoms with Crippen LogP contribution >= 0.6 is 0 Å². The highest BCUT2D eigenvalue weighted by Gasteiger charge is 2.82. The first-order valence-electron chi connectivity index (χ1n) is 8.64. The fraction of sp³-hybridized carbons (Fsp3) is 0.625. The molecule has 1 aromatic carbocycles. The van der Waals surface area contributed by atoms with Crippen molar-refractivity contribution in [1.82, 2.24) is 0 Å². The fourth-order valence-corrected chi connectivity index (χ4v) is 3.55. The van der Waals surface area contributed by atoms with Gasteiger partial charge in [-0.3, -0.25) is 8.74 Å². The quantitative estimate of drug-likeness (QED) is 0.199. The number of hydrogen-bond acceptors (Lipinski definition) is 6. The van der Waals surface area contributed by atoms with Crippen molar-refractivity contribution in [3.63, 3.8) is 0 Å². The first kappa shape index (κ1) is 27.5. The van der Waals surface area contributed by atoms with Gasteiger partial charge in [0.15, 0.2) is 0 Å². The fourth-order valence-electron chi connectivity index (χ4n) is 2.11.